The Morgan fingerprint density at radius 3 is 1.68 bits per heavy atom. The molecule has 0 bridgehead atoms. The minimum Gasteiger partial charge on any atom is -0.399 e. The van der Waals surface area contributed by atoms with E-state index >= 15 is 0 Å². The molecule has 5 heteroatoms. The number of benzene rings is 9. The van der Waals surface area contributed by atoms with Crippen LogP contribution in [0.4, 0.5) is 51.2 Å². The largest absolute Gasteiger partial charge is 0.399 e. The highest BCUT2D eigenvalue weighted by Gasteiger charge is 2.60. The Balaban J connectivity index is 1.15. The maximum atomic E-state index is 6.78. The first-order chi connectivity index (χ1) is 37.4. The molecule has 0 aromatic heterocycles. The van der Waals surface area contributed by atoms with Crippen molar-refractivity contribution in [3.63, 3.8) is 0 Å². The lowest BCUT2D eigenvalue weighted by Crippen LogP contribution is -2.62. The summed E-state index contributed by atoms with van der Waals surface area (Å²) < 4.78 is 0. The first-order valence-electron chi connectivity index (χ1n) is 28.7. The van der Waals surface area contributed by atoms with Crippen LogP contribution in [-0.4, -0.2) is 12.3 Å². The molecule has 1 fully saturated rings. The van der Waals surface area contributed by atoms with Gasteiger partial charge in [0.15, 0.2) is 0 Å². The predicted molar refractivity (Wildman–Crippen MR) is 333 cm³/mol. The summed E-state index contributed by atoms with van der Waals surface area (Å²) in [6.45, 7) is 21.9. The topological polar surface area (TPSA) is 35.7 Å². The van der Waals surface area contributed by atoms with Crippen LogP contribution in [0.3, 0.4) is 0 Å². The zero-order valence-electron chi connectivity index (χ0n) is 47.0. The Labute approximate surface area is 463 Å². The van der Waals surface area contributed by atoms with Crippen molar-refractivity contribution < 1.29 is 0 Å². The van der Waals surface area contributed by atoms with Crippen molar-refractivity contribution in [1.29, 1.82) is 0 Å². The molecule has 3 aliphatic heterocycles. The molecule has 4 nitrogen and oxygen atoms in total. The van der Waals surface area contributed by atoms with Crippen molar-refractivity contribution in [3.05, 3.63) is 216 Å². The summed E-state index contributed by atoms with van der Waals surface area (Å²) >= 11 is 0. The average Bonchev–Trinajstić information content (AvgIpc) is 4.05. The van der Waals surface area contributed by atoms with Crippen molar-refractivity contribution in [2.45, 2.75) is 122 Å². The summed E-state index contributed by atoms with van der Waals surface area (Å²) in [4.78, 5) is 8.11. The van der Waals surface area contributed by atoms with Gasteiger partial charge in [-0.3, -0.25) is 0 Å². The van der Waals surface area contributed by atoms with Gasteiger partial charge in [-0.25, -0.2) is 0 Å². The second kappa shape index (κ2) is 17.1. The Hall–Kier alpha value is -7.76. The quantitative estimate of drug-likeness (QED) is 0.133. The van der Waals surface area contributed by atoms with E-state index in [1.54, 1.807) is 0 Å². The molecule has 0 spiro atoms. The molecule has 386 valence electrons. The fraction of sp³-hybridized carbons (Fsp3) is 0.260. The highest BCUT2D eigenvalue weighted by Crippen LogP contribution is 2.64. The van der Waals surface area contributed by atoms with Gasteiger partial charge in [-0.05, 0) is 182 Å². The lowest BCUT2D eigenvalue weighted by atomic mass is 9.33. The predicted octanol–water partition coefficient (Wildman–Crippen LogP) is 17.4. The first kappa shape index (κ1) is 48.6. The Bertz CT molecular complexity index is 3890. The van der Waals surface area contributed by atoms with E-state index in [9.17, 15) is 0 Å². The molecule has 14 rings (SSSR count). The van der Waals surface area contributed by atoms with Gasteiger partial charge >= 0.3 is 0 Å². The summed E-state index contributed by atoms with van der Waals surface area (Å²) in [5.41, 5.74) is 33.8. The highest BCUT2D eigenvalue weighted by molar-refractivity contribution is 7.00. The molecule has 9 aromatic carbocycles. The van der Waals surface area contributed by atoms with Crippen LogP contribution in [-0.2, 0) is 21.7 Å². The monoisotopic (exact) mass is 1010 g/mol. The maximum Gasteiger partial charge on any atom is 0.252 e. The summed E-state index contributed by atoms with van der Waals surface area (Å²) in [5.74, 6) is 0. The van der Waals surface area contributed by atoms with E-state index in [-0.39, 0.29) is 33.9 Å². The molecule has 9 aromatic rings. The molecule has 2 unspecified atom stereocenters. The first-order valence-corrected chi connectivity index (χ1v) is 28.7. The van der Waals surface area contributed by atoms with Gasteiger partial charge in [0.1, 0.15) is 0 Å². The molecule has 2 N–H and O–H groups in total. The standard InChI is InChI=1S/C73H71BN4/c1-69(2,3)52-30-33-62(56(41-52)49-25-17-12-18-26-49)77-65-46-58-57(70(4,5)37-38-71(58,6)7)45-61(65)74-60-32-29-51(48-23-15-11-16-24-48)40-64(60)76(54-28-19-27-50(39-54)47-21-13-10-14-22-47)66-43-55(44-67(77)68(66)74)78-63-34-31-53(75)42-59(63)72(8)35-20-36-73(72,78)9/h10-19,21-34,39-46H,20,35-38,75H2,1-9H3. The van der Waals surface area contributed by atoms with Crippen LogP contribution in [0.2, 0.25) is 0 Å². The number of nitrogens with zero attached hydrogens (tertiary/aromatic N) is 3. The molecule has 0 saturated heterocycles. The molecule has 1 saturated carbocycles. The Morgan fingerprint density at radius 1 is 0.423 bits per heavy atom. The number of anilines is 9. The van der Waals surface area contributed by atoms with E-state index < -0.39 is 0 Å². The second-order valence-corrected chi connectivity index (χ2v) is 26.2. The van der Waals surface area contributed by atoms with Crippen LogP contribution in [0.5, 0.6) is 0 Å². The lowest BCUT2D eigenvalue weighted by Gasteiger charge is -2.49. The number of nitrogen functional groups attached to an aromatic ring is 1. The van der Waals surface area contributed by atoms with Crippen LogP contribution in [0, 0.1) is 0 Å². The van der Waals surface area contributed by atoms with Gasteiger partial charge in [-0.15, -0.1) is 0 Å². The van der Waals surface area contributed by atoms with E-state index in [1.165, 1.54) is 112 Å². The molecular formula is C73H71BN4. The third-order valence-electron chi connectivity index (χ3n) is 19.7. The van der Waals surface area contributed by atoms with Crippen LogP contribution in [0.15, 0.2) is 194 Å². The van der Waals surface area contributed by atoms with E-state index in [0.717, 1.165) is 43.5 Å². The summed E-state index contributed by atoms with van der Waals surface area (Å²) in [6.07, 6.45) is 5.62. The molecule has 0 radical (unpaired) electrons. The van der Waals surface area contributed by atoms with Gasteiger partial charge in [0.25, 0.3) is 6.71 Å². The average molecular weight is 1020 g/mol. The van der Waals surface area contributed by atoms with Crippen LogP contribution in [0.25, 0.3) is 33.4 Å². The van der Waals surface area contributed by atoms with Gasteiger partial charge in [0, 0.05) is 56.5 Å². The van der Waals surface area contributed by atoms with E-state index in [1.807, 2.05) is 0 Å². The number of rotatable bonds is 6. The fourth-order valence-corrected chi connectivity index (χ4v) is 15.0. The van der Waals surface area contributed by atoms with Crippen LogP contribution in [0.1, 0.15) is 117 Å². The minimum atomic E-state index is -0.204. The van der Waals surface area contributed by atoms with Crippen LogP contribution < -0.4 is 36.8 Å². The van der Waals surface area contributed by atoms with Gasteiger partial charge < -0.3 is 20.4 Å². The molecular weight excluding hydrogens is 944 g/mol. The normalized spacial score (nSPS) is 20.1. The summed E-state index contributed by atoms with van der Waals surface area (Å²) in [5, 5.41) is 0. The van der Waals surface area contributed by atoms with Crippen molar-refractivity contribution in [2.75, 3.05) is 20.4 Å². The highest BCUT2D eigenvalue weighted by atomic mass is 15.3. The minimum absolute atomic E-state index is 0.00424. The Morgan fingerprint density at radius 2 is 1.01 bits per heavy atom. The number of nitrogens with two attached hydrogens (primary N) is 1. The fourth-order valence-electron chi connectivity index (χ4n) is 15.0. The van der Waals surface area contributed by atoms with Crippen molar-refractivity contribution in [2.24, 2.45) is 0 Å². The van der Waals surface area contributed by atoms with Gasteiger partial charge in [0.2, 0.25) is 0 Å². The van der Waals surface area contributed by atoms with Crippen molar-refractivity contribution >= 4 is 74.3 Å². The third kappa shape index (κ3) is 7.18. The van der Waals surface area contributed by atoms with Crippen molar-refractivity contribution in [3.8, 4) is 33.4 Å². The molecule has 0 amide bonds. The lowest BCUT2D eigenvalue weighted by molar-refractivity contribution is 0.330. The number of fused-ring (bicyclic) bond motifs is 8. The van der Waals surface area contributed by atoms with E-state index in [4.69, 9.17) is 5.73 Å². The zero-order valence-corrected chi connectivity index (χ0v) is 47.0. The summed E-state index contributed by atoms with van der Waals surface area (Å²) in [7, 11) is 0. The molecule has 2 aliphatic carbocycles. The zero-order chi connectivity index (χ0) is 53.7. The molecule has 3 heterocycles. The molecule has 2 atom stereocenters. The molecule has 5 aliphatic rings. The van der Waals surface area contributed by atoms with E-state index in [0.29, 0.717) is 0 Å². The van der Waals surface area contributed by atoms with Gasteiger partial charge in [-0.1, -0.05) is 189 Å². The maximum absolute atomic E-state index is 6.78. The number of hydrogen-bond acceptors (Lipinski definition) is 4. The van der Waals surface area contributed by atoms with E-state index in [2.05, 4.69) is 271 Å². The molecule has 78 heavy (non-hydrogen) atoms. The SMILES string of the molecule is CC(C)(C)c1ccc(N2c3cc4c(cc3B3c5ccc(-c6ccccc6)cc5N(c5cccc(-c6ccccc6)c5)c5cc(N6c7ccc(N)cc7C7(C)CCCC67C)cc2c53)C(C)(C)CCC4(C)C)c(-c2ccccc2)c1. The smallest absolute Gasteiger partial charge is 0.252 e. The third-order valence-corrected chi connectivity index (χ3v) is 19.7. The van der Waals surface area contributed by atoms with Gasteiger partial charge in [0.05, 0.1) is 11.2 Å². The number of hydrogen-bond donors (Lipinski definition) is 1. The van der Waals surface area contributed by atoms with Gasteiger partial charge in [-0.2, -0.15) is 0 Å². The van der Waals surface area contributed by atoms with Crippen LogP contribution >= 0.6 is 0 Å². The second-order valence-electron chi connectivity index (χ2n) is 26.2. The van der Waals surface area contributed by atoms with Crippen molar-refractivity contribution in [1.82, 2.24) is 0 Å². The Kier molecular flexibility index (Phi) is 10.7. The summed E-state index contributed by atoms with van der Waals surface area (Å²) in [6, 6.07) is 74.3.